The second kappa shape index (κ2) is 8.30. The molecule has 3 aromatic heterocycles. The highest BCUT2D eigenvalue weighted by molar-refractivity contribution is 7.91. The van der Waals surface area contributed by atoms with Crippen LogP contribution in [-0.2, 0) is 9.84 Å². The molecule has 0 radical (unpaired) electrons. The van der Waals surface area contributed by atoms with Crippen molar-refractivity contribution in [2.24, 2.45) is 0 Å². The van der Waals surface area contributed by atoms with Crippen molar-refractivity contribution in [3.05, 3.63) is 42.5 Å². The number of sulfone groups is 1. The third-order valence-corrected chi connectivity index (χ3v) is 6.68. The molecular formula is C19H19F2N5O5S. The van der Waals surface area contributed by atoms with Crippen LogP contribution in [0.25, 0.3) is 5.52 Å². The van der Waals surface area contributed by atoms with Gasteiger partial charge >= 0.3 is 0 Å². The molecule has 0 spiro atoms. The van der Waals surface area contributed by atoms with Crippen LogP contribution in [0.15, 0.2) is 36.8 Å². The number of nitrogens with one attached hydrogen (secondary N) is 1. The zero-order chi connectivity index (χ0) is 22.9. The van der Waals surface area contributed by atoms with E-state index in [2.05, 4.69) is 20.4 Å². The van der Waals surface area contributed by atoms with Crippen molar-refractivity contribution in [2.45, 2.75) is 25.3 Å². The molecule has 1 fully saturated rings. The minimum Gasteiger partial charge on any atom is -0.468 e. The lowest BCUT2D eigenvalue weighted by Crippen LogP contribution is -2.47. The van der Waals surface area contributed by atoms with Gasteiger partial charge in [0.25, 0.3) is 24.1 Å². The third-order valence-electron chi connectivity index (χ3n) is 4.78. The number of alkyl halides is 2. The predicted octanol–water partition coefficient (Wildman–Crippen LogP) is 1.87. The Morgan fingerprint density at radius 2 is 2.03 bits per heavy atom. The summed E-state index contributed by atoms with van der Waals surface area (Å²) in [6, 6.07) is 4.62. The first-order valence-electron chi connectivity index (χ1n) is 9.55. The first kappa shape index (κ1) is 21.9. The molecule has 0 bridgehead atoms. The van der Waals surface area contributed by atoms with E-state index in [1.54, 1.807) is 19.2 Å². The van der Waals surface area contributed by atoms with Gasteiger partial charge < -0.3 is 14.8 Å². The van der Waals surface area contributed by atoms with Crippen molar-refractivity contribution < 1.29 is 31.5 Å². The molecule has 10 nitrogen and oxygen atoms in total. The fourth-order valence-electron chi connectivity index (χ4n) is 3.33. The Balaban J connectivity index is 1.51. The van der Waals surface area contributed by atoms with Crippen LogP contribution in [0, 0.1) is 0 Å². The van der Waals surface area contributed by atoms with Gasteiger partial charge in [0.15, 0.2) is 22.1 Å². The summed E-state index contributed by atoms with van der Waals surface area (Å²) in [7, 11) is -3.17. The average molecular weight is 467 g/mol. The number of rotatable bonds is 7. The average Bonchev–Trinajstić information content (AvgIpc) is 3.27. The van der Waals surface area contributed by atoms with Crippen LogP contribution in [0.1, 0.15) is 23.8 Å². The molecule has 3 aromatic rings. The Morgan fingerprint density at radius 3 is 2.72 bits per heavy atom. The number of amides is 1. The molecule has 4 rings (SSSR count). The largest absolute Gasteiger partial charge is 0.468 e. The minimum absolute atomic E-state index is 0.0288. The highest BCUT2D eigenvalue weighted by Crippen LogP contribution is 2.28. The highest BCUT2D eigenvalue weighted by Gasteiger charge is 2.39. The van der Waals surface area contributed by atoms with E-state index >= 15 is 0 Å². The lowest BCUT2D eigenvalue weighted by atomic mass is 10.0. The van der Waals surface area contributed by atoms with Crippen molar-refractivity contribution in [1.82, 2.24) is 24.9 Å². The topological polar surface area (TPSA) is 125 Å². The van der Waals surface area contributed by atoms with Crippen molar-refractivity contribution in [1.29, 1.82) is 0 Å². The van der Waals surface area contributed by atoms with E-state index in [9.17, 15) is 22.0 Å². The molecule has 0 saturated carbocycles. The Bertz CT molecular complexity index is 1270. The standard InChI is InChI=1S/C19H19F2N5O5S/c1-19(3-7-32(28,29)11-19)24-16(27)14-9-12-8-13(2-6-26(12)25-14)31-18-17(22-4-5-23-18)30-10-15(20)21/h2,4-6,8-9,15H,3,7,10-11H2,1H3,(H,24,27)/t19-/m1/s1. The SMILES string of the molecule is C[C@@]1(NC(=O)c2cc3cc(Oc4nccnc4OCC(F)F)ccn3n2)CCS(=O)(=O)C1. The van der Waals surface area contributed by atoms with Gasteiger partial charge in [0.05, 0.1) is 22.6 Å². The quantitative estimate of drug-likeness (QED) is 0.558. The Morgan fingerprint density at radius 1 is 1.28 bits per heavy atom. The number of ether oxygens (including phenoxy) is 2. The van der Waals surface area contributed by atoms with Crippen LogP contribution in [-0.4, -0.2) is 64.0 Å². The predicted molar refractivity (Wildman–Crippen MR) is 108 cm³/mol. The van der Waals surface area contributed by atoms with E-state index in [1.165, 1.54) is 29.0 Å². The van der Waals surface area contributed by atoms with E-state index in [4.69, 9.17) is 9.47 Å². The van der Waals surface area contributed by atoms with Crippen molar-refractivity contribution in [3.63, 3.8) is 0 Å². The van der Waals surface area contributed by atoms with Gasteiger partial charge in [-0.1, -0.05) is 0 Å². The summed E-state index contributed by atoms with van der Waals surface area (Å²) in [5.41, 5.74) is -0.232. The van der Waals surface area contributed by atoms with Gasteiger partial charge in [-0.2, -0.15) is 5.10 Å². The summed E-state index contributed by atoms with van der Waals surface area (Å²) in [5.74, 6) is -0.564. The summed E-state index contributed by atoms with van der Waals surface area (Å²) < 4.78 is 60.3. The Kier molecular flexibility index (Phi) is 5.67. The second-order valence-corrected chi connectivity index (χ2v) is 9.77. The number of nitrogens with zero attached hydrogens (tertiary/aromatic N) is 4. The van der Waals surface area contributed by atoms with Crippen molar-refractivity contribution in [2.75, 3.05) is 18.1 Å². The third kappa shape index (κ3) is 4.93. The highest BCUT2D eigenvalue weighted by atomic mass is 32.2. The molecule has 1 aliphatic rings. The van der Waals surface area contributed by atoms with Crippen LogP contribution >= 0.6 is 0 Å². The molecule has 0 aliphatic carbocycles. The lowest BCUT2D eigenvalue weighted by molar-refractivity contribution is 0.0779. The summed E-state index contributed by atoms with van der Waals surface area (Å²) in [5, 5.41) is 6.95. The summed E-state index contributed by atoms with van der Waals surface area (Å²) in [6.07, 6.45) is 1.81. The van der Waals surface area contributed by atoms with Gasteiger partial charge in [0.2, 0.25) is 0 Å². The number of aromatic nitrogens is 4. The number of hydrogen-bond acceptors (Lipinski definition) is 8. The number of halogens is 2. The summed E-state index contributed by atoms with van der Waals surface area (Å²) >= 11 is 0. The van der Waals surface area contributed by atoms with Crippen LogP contribution in [0.4, 0.5) is 8.78 Å². The fourth-order valence-corrected chi connectivity index (χ4v) is 5.42. The van der Waals surface area contributed by atoms with E-state index in [1.807, 2.05) is 0 Å². The van der Waals surface area contributed by atoms with Crippen molar-refractivity contribution >= 4 is 21.3 Å². The van der Waals surface area contributed by atoms with E-state index in [0.717, 1.165) is 0 Å². The van der Waals surface area contributed by atoms with Crippen LogP contribution < -0.4 is 14.8 Å². The molecule has 1 N–H and O–H groups in total. The monoisotopic (exact) mass is 467 g/mol. The molecule has 1 saturated heterocycles. The molecule has 170 valence electrons. The molecule has 1 aliphatic heterocycles. The smallest absolute Gasteiger partial charge is 0.283 e. The van der Waals surface area contributed by atoms with Crippen molar-refractivity contribution in [3.8, 4) is 17.5 Å². The van der Waals surface area contributed by atoms with Gasteiger partial charge in [0.1, 0.15) is 5.75 Å². The molecule has 4 heterocycles. The zero-order valence-electron chi connectivity index (χ0n) is 16.9. The Hall–Kier alpha value is -3.35. The van der Waals surface area contributed by atoms with Gasteiger partial charge in [0, 0.05) is 24.7 Å². The van der Waals surface area contributed by atoms with E-state index < -0.39 is 34.3 Å². The maximum absolute atomic E-state index is 12.6. The van der Waals surface area contributed by atoms with E-state index in [-0.39, 0.29) is 29.0 Å². The first-order chi connectivity index (χ1) is 15.1. The molecule has 0 unspecified atom stereocenters. The van der Waals surface area contributed by atoms with Crippen LogP contribution in [0.2, 0.25) is 0 Å². The molecule has 1 atom stereocenters. The Labute approximate surface area is 181 Å². The molecule has 13 heteroatoms. The zero-order valence-corrected chi connectivity index (χ0v) is 17.7. The second-order valence-electron chi connectivity index (χ2n) is 7.59. The lowest BCUT2D eigenvalue weighted by Gasteiger charge is -2.23. The maximum atomic E-state index is 12.6. The van der Waals surface area contributed by atoms with Crippen LogP contribution in [0.3, 0.4) is 0 Å². The van der Waals surface area contributed by atoms with Gasteiger partial charge in [-0.3, -0.25) is 4.79 Å². The normalized spacial score (nSPS) is 19.9. The number of carbonyl (C=O) groups excluding carboxylic acids is 1. The minimum atomic E-state index is -3.17. The summed E-state index contributed by atoms with van der Waals surface area (Å²) in [4.78, 5) is 20.4. The van der Waals surface area contributed by atoms with Gasteiger partial charge in [-0.15, -0.1) is 0 Å². The maximum Gasteiger partial charge on any atom is 0.283 e. The molecule has 1 amide bonds. The number of hydrogen-bond donors (Lipinski definition) is 1. The van der Waals surface area contributed by atoms with Gasteiger partial charge in [-0.05, 0) is 25.5 Å². The summed E-state index contributed by atoms with van der Waals surface area (Å²) in [6.45, 7) is 0.835. The first-order valence-corrected chi connectivity index (χ1v) is 11.4. The molecular weight excluding hydrogens is 448 g/mol. The number of pyridine rings is 1. The number of fused-ring (bicyclic) bond motifs is 1. The van der Waals surface area contributed by atoms with Crippen LogP contribution in [0.5, 0.6) is 17.5 Å². The fraction of sp³-hybridized carbons (Fsp3) is 0.368. The van der Waals surface area contributed by atoms with Gasteiger partial charge in [-0.25, -0.2) is 31.7 Å². The van der Waals surface area contributed by atoms with E-state index in [0.29, 0.717) is 17.7 Å². The molecule has 0 aromatic carbocycles. The number of carbonyl (C=O) groups is 1. The molecule has 32 heavy (non-hydrogen) atoms.